The standard InChI is InChI=1S/C8H14NO7P/c9-8(7(12)16-17(13,14)15)3-1-2-5(4-8)6(10)11/h5H,1-4,9H2,(H,10,11)(H2,13,14,15). The van der Waals surface area contributed by atoms with Crippen molar-refractivity contribution >= 4 is 19.8 Å². The van der Waals surface area contributed by atoms with Crippen LogP contribution >= 0.6 is 7.82 Å². The normalized spacial score (nSPS) is 29.7. The fraction of sp³-hybridized carbons (Fsp3) is 0.750. The molecule has 1 fully saturated rings. The minimum atomic E-state index is -4.95. The van der Waals surface area contributed by atoms with Gasteiger partial charge < -0.3 is 15.4 Å². The summed E-state index contributed by atoms with van der Waals surface area (Å²) in [4.78, 5) is 39.3. The van der Waals surface area contributed by atoms with E-state index in [1.54, 1.807) is 0 Å². The molecule has 2 atom stereocenters. The molecule has 0 spiro atoms. The number of phosphoric acid groups is 1. The lowest BCUT2D eigenvalue weighted by molar-refractivity contribution is -0.148. The van der Waals surface area contributed by atoms with Crippen molar-refractivity contribution in [2.45, 2.75) is 31.2 Å². The van der Waals surface area contributed by atoms with Crippen LogP contribution in [0.2, 0.25) is 0 Å². The summed E-state index contributed by atoms with van der Waals surface area (Å²) in [6, 6.07) is 0. The van der Waals surface area contributed by atoms with Gasteiger partial charge in [-0.3, -0.25) is 14.6 Å². The van der Waals surface area contributed by atoms with Crippen molar-refractivity contribution in [1.82, 2.24) is 0 Å². The van der Waals surface area contributed by atoms with Gasteiger partial charge in [-0.1, -0.05) is 6.42 Å². The fourth-order valence-electron chi connectivity index (χ4n) is 1.90. The summed E-state index contributed by atoms with van der Waals surface area (Å²) < 4.78 is 14.4. The van der Waals surface area contributed by atoms with Gasteiger partial charge in [-0.2, -0.15) is 0 Å². The van der Waals surface area contributed by atoms with Gasteiger partial charge in [0.25, 0.3) is 0 Å². The van der Waals surface area contributed by atoms with Crippen LogP contribution in [0.25, 0.3) is 0 Å². The van der Waals surface area contributed by atoms with Gasteiger partial charge in [-0.25, -0.2) is 9.36 Å². The topological polar surface area (TPSA) is 147 Å². The Morgan fingerprint density at radius 3 is 2.47 bits per heavy atom. The summed E-state index contributed by atoms with van der Waals surface area (Å²) >= 11 is 0. The van der Waals surface area contributed by atoms with E-state index in [1.165, 1.54) is 0 Å². The van der Waals surface area contributed by atoms with Crippen molar-refractivity contribution < 1.29 is 33.6 Å². The summed E-state index contributed by atoms with van der Waals surface area (Å²) in [6.45, 7) is 0. The Morgan fingerprint density at radius 1 is 1.41 bits per heavy atom. The Kier molecular flexibility index (Phi) is 3.93. The zero-order valence-corrected chi connectivity index (χ0v) is 9.80. The molecule has 2 unspecified atom stereocenters. The van der Waals surface area contributed by atoms with Crippen molar-refractivity contribution in [2.75, 3.05) is 0 Å². The Morgan fingerprint density at radius 2 is 2.00 bits per heavy atom. The second-order valence-corrected chi connectivity index (χ2v) is 5.32. The van der Waals surface area contributed by atoms with Crippen LogP contribution in [0.1, 0.15) is 25.7 Å². The van der Waals surface area contributed by atoms with Crippen LogP contribution in [0.4, 0.5) is 0 Å². The molecule has 1 aliphatic rings. The molecular weight excluding hydrogens is 253 g/mol. The highest BCUT2D eigenvalue weighted by atomic mass is 31.2. The highest BCUT2D eigenvalue weighted by Crippen LogP contribution is 2.40. The van der Waals surface area contributed by atoms with Gasteiger partial charge in [0, 0.05) is 0 Å². The quantitative estimate of drug-likeness (QED) is 0.504. The molecule has 0 saturated heterocycles. The monoisotopic (exact) mass is 267 g/mol. The second kappa shape index (κ2) is 4.73. The number of carboxylic acid groups (broad SMARTS) is 1. The first-order valence-electron chi connectivity index (χ1n) is 4.95. The van der Waals surface area contributed by atoms with Crippen molar-refractivity contribution in [1.29, 1.82) is 0 Å². The number of aliphatic carboxylic acids is 1. The summed E-state index contributed by atoms with van der Waals surface area (Å²) in [5, 5.41) is 8.82. The van der Waals surface area contributed by atoms with Crippen LogP contribution in [-0.2, 0) is 18.7 Å². The molecule has 1 aliphatic carbocycles. The average Bonchev–Trinajstić information content (AvgIpc) is 2.15. The smallest absolute Gasteiger partial charge is 0.481 e. The lowest BCUT2D eigenvalue weighted by Crippen LogP contribution is -2.52. The highest BCUT2D eigenvalue weighted by molar-refractivity contribution is 7.46. The molecule has 0 aromatic carbocycles. The minimum absolute atomic E-state index is 0.148. The molecule has 17 heavy (non-hydrogen) atoms. The van der Waals surface area contributed by atoms with Gasteiger partial charge in [0.2, 0.25) is 0 Å². The Hall–Kier alpha value is -0.950. The van der Waals surface area contributed by atoms with Crippen molar-refractivity contribution in [3.8, 4) is 0 Å². The number of carbonyl (C=O) groups is 2. The summed E-state index contributed by atoms with van der Waals surface area (Å²) in [5.41, 5.74) is 4.02. The third kappa shape index (κ3) is 3.78. The Balaban J connectivity index is 2.76. The van der Waals surface area contributed by atoms with Crippen LogP contribution in [0.5, 0.6) is 0 Å². The number of hydrogen-bond donors (Lipinski definition) is 4. The fourth-order valence-corrected chi connectivity index (χ4v) is 2.30. The van der Waals surface area contributed by atoms with E-state index in [-0.39, 0.29) is 12.8 Å². The third-order valence-electron chi connectivity index (χ3n) is 2.74. The van der Waals surface area contributed by atoms with Gasteiger partial charge in [-0.05, 0) is 19.3 Å². The SMILES string of the molecule is NC1(C(=O)OP(=O)(O)O)CCCC(C(=O)O)C1. The maximum absolute atomic E-state index is 11.5. The maximum atomic E-state index is 11.5. The van der Waals surface area contributed by atoms with E-state index in [0.29, 0.717) is 12.8 Å². The molecule has 8 nitrogen and oxygen atoms in total. The molecule has 0 aromatic rings. The van der Waals surface area contributed by atoms with Gasteiger partial charge in [0.15, 0.2) is 0 Å². The lowest BCUT2D eigenvalue weighted by Gasteiger charge is -2.33. The van der Waals surface area contributed by atoms with E-state index in [2.05, 4.69) is 4.52 Å². The van der Waals surface area contributed by atoms with E-state index in [1.807, 2.05) is 0 Å². The molecule has 0 aliphatic heterocycles. The van der Waals surface area contributed by atoms with Gasteiger partial charge >= 0.3 is 19.8 Å². The predicted octanol–water partition coefficient (Wildman–Crippen LogP) is -0.405. The van der Waals surface area contributed by atoms with Crippen molar-refractivity contribution in [3.63, 3.8) is 0 Å². The number of phosphoric ester groups is 1. The zero-order chi connectivity index (χ0) is 13.3. The van der Waals surface area contributed by atoms with Gasteiger partial charge in [-0.15, -0.1) is 0 Å². The molecule has 0 radical (unpaired) electrons. The number of carbonyl (C=O) groups excluding carboxylic acids is 1. The third-order valence-corrected chi connectivity index (χ3v) is 3.15. The first kappa shape index (κ1) is 14.1. The molecule has 5 N–H and O–H groups in total. The molecule has 1 saturated carbocycles. The average molecular weight is 267 g/mol. The van der Waals surface area contributed by atoms with Crippen molar-refractivity contribution in [3.05, 3.63) is 0 Å². The molecule has 0 bridgehead atoms. The Bertz CT molecular complexity index is 378. The molecule has 9 heteroatoms. The van der Waals surface area contributed by atoms with Crippen LogP contribution in [0.3, 0.4) is 0 Å². The van der Waals surface area contributed by atoms with E-state index < -0.39 is 31.2 Å². The second-order valence-electron chi connectivity index (χ2n) is 4.16. The van der Waals surface area contributed by atoms with E-state index in [0.717, 1.165) is 0 Å². The molecule has 1 rings (SSSR count). The first-order chi connectivity index (χ1) is 7.64. The Labute approximate surface area is 97.0 Å². The van der Waals surface area contributed by atoms with Crippen LogP contribution in [-0.4, -0.2) is 32.4 Å². The van der Waals surface area contributed by atoms with E-state index >= 15 is 0 Å². The molecule has 0 amide bonds. The highest BCUT2D eigenvalue weighted by Gasteiger charge is 2.44. The van der Waals surface area contributed by atoms with Crippen molar-refractivity contribution in [2.24, 2.45) is 11.7 Å². The molecule has 0 aromatic heterocycles. The maximum Gasteiger partial charge on any atom is 0.527 e. The number of nitrogens with two attached hydrogens (primary N) is 1. The molecule has 98 valence electrons. The van der Waals surface area contributed by atoms with Crippen LogP contribution in [0, 0.1) is 5.92 Å². The zero-order valence-electron chi connectivity index (χ0n) is 8.90. The number of carboxylic acids is 1. The summed E-state index contributed by atoms with van der Waals surface area (Å²) in [7, 11) is -4.95. The largest absolute Gasteiger partial charge is 0.527 e. The van der Waals surface area contributed by atoms with E-state index in [4.69, 9.17) is 20.6 Å². The van der Waals surface area contributed by atoms with Crippen LogP contribution in [0.15, 0.2) is 0 Å². The molecular formula is C8H14NO7P. The molecule has 0 heterocycles. The van der Waals surface area contributed by atoms with Crippen LogP contribution < -0.4 is 5.73 Å². The van der Waals surface area contributed by atoms with Gasteiger partial charge in [0.05, 0.1) is 5.92 Å². The lowest BCUT2D eigenvalue weighted by atomic mass is 9.76. The number of hydrogen-bond acceptors (Lipinski definition) is 5. The van der Waals surface area contributed by atoms with E-state index in [9.17, 15) is 14.2 Å². The number of rotatable bonds is 3. The summed E-state index contributed by atoms with van der Waals surface area (Å²) in [6.07, 6.45) is 0.748. The predicted molar refractivity (Wildman–Crippen MR) is 54.6 cm³/mol. The first-order valence-corrected chi connectivity index (χ1v) is 6.48. The van der Waals surface area contributed by atoms with Gasteiger partial charge in [0.1, 0.15) is 5.54 Å². The summed E-state index contributed by atoms with van der Waals surface area (Å²) in [5.74, 6) is -3.13. The minimum Gasteiger partial charge on any atom is -0.481 e.